The molecule has 5 rings (SSSR count). The maximum atomic E-state index is 14.5. The number of fused-ring (bicyclic) bond motifs is 1. The van der Waals surface area contributed by atoms with Crippen LogP contribution in [0.3, 0.4) is 0 Å². The Balaban J connectivity index is 1.44. The number of amides is 1. The molecule has 0 radical (unpaired) electrons. The number of carbonyl (C=O) groups is 1. The molecule has 3 heterocycles. The molecule has 1 fully saturated rings. The molecule has 1 saturated heterocycles. The van der Waals surface area contributed by atoms with Gasteiger partial charge in [0.2, 0.25) is 0 Å². The molecular formula is C28H30FN3O2S. The lowest BCUT2D eigenvalue weighted by Crippen LogP contribution is -2.38. The van der Waals surface area contributed by atoms with Gasteiger partial charge in [0, 0.05) is 60.8 Å². The van der Waals surface area contributed by atoms with E-state index in [2.05, 4.69) is 28.1 Å². The minimum atomic E-state index is -0.186. The third-order valence-corrected chi connectivity index (χ3v) is 7.88. The highest BCUT2D eigenvalue weighted by Gasteiger charge is 2.29. The number of aromatic nitrogens is 1. The van der Waals surface area contributed by atoms with E-state index in [-0.39, 0.29) is 17.6 Å². The Labute approximate surface area is 208 Å². The fraction of sp³-hybridized carbons (Fsp3) is 0.321. The molecule has 182 valence electrons. The quantitative estimate of drug-likeness (QED) is 0.364. The van der Waals surface area contributed by atoms with Crippen LogP contribution >= 0.6 is 11.3 Å². The van der Waals surface area contributed by atoms with Crippen molar-refractivity contribution in [2.24, 2.45) is 5.73 Å². The van der Waals surface area contributed by atoms with Crippen LogP contribution in [0, 0.1) is 5.82 Å². The van der Waals surface area contributed by atoms with Gasteiger partial charge in [0.15, 0.2) is 0 Å². The third-order valence-electron chi connectivity index (χ3n) is 6.98. The normalized spacial score (nSPS) is 14.7. The first-order valence-electron chi connectivity index (χ1n) is 12.0. The van der Waals surface area contributed by atoms with Gasteiger partial charge in [-0.2, -0.15) is 0 Å². The molecule has 0 atom stereocenters. The maximum absolute atomic E-state index is 14.5. The number of nitrogens with two attached hydrogens (primary N) is 1. The molecule has 1 aliphatic heterocycles. The Morgan fingerprint density at radius 1 is 1.17 bits per heavy atom. The maximum Gasteiger partial charge on any atom is 0.256 e. The number of hydrogen-bond donors (Lipinski definition) is 1. The monoisotopic (exact) mass is 491 g/mol. The summed E-state index contributed by atoms with van der Waals surface area (Å²) in [6.07, 6.45) is 3.44. The largest absolute Gasteiger partial charge is 0.383 e. The SMILES string of the molecule is COCCn1cc(C(=O)N2CCC(c3cc(CN)ccc3F)CC2)c2c(-c3cccs3)cccc21. The van der Waals surface area contributed by atoms with Crippen molar-refractivity contribution in [2.75, 3.05) is 26.8 Å². The van der Waals surface area contributed by atoms with Crippen molar-refractivity contribution in [3.8, 4) is 10.4 Å². The van der Waals surface area contributed by atoms with E-state index in [0.29, 0.717) is 32.8 Å². The number of benzene rings is 2. The zero-order chi connectivity index (χ0) is 24.4. The number of nitrogens with zero attached hydrogens (tertiary/aromatic N) is 2. The van der Waals surface area contributed by atoms with Crippen molar-refractivity contribution >= 4 is 28.1 Å². The summed E-state index contributed by atoms with van der Waals surface area (Å²) in [7, 11) is 1.69. The summed E-state index contributed by atoms with van der Waals surface area (Å²) in [4.78, 5) is 16.9. The van der Waals surface area contributed by atoms with Gasteiger partial charge < -0.3 is 19.9 Å². The highest BCUT2D eigenvalue weighted by atomic mass is 32.1. The fourth-order valence-corrected chi connectivity index (χ4v) is 5.88. The van der Waals surface area contributed by atoms with Gasteiger partial charge in [-0.05, 0) is 53.5 Å². The lowest BCUT2D eigenvalue weighted by atomic mass is 9.88. The number of thiophene rings is 1. The van der Waals surface area contributed by atoms with E-state index < -0.39 is 0 Å². The van der Waals surface area contributed by atoms with Crippen molar-refractivity contribution in [3.63, 3.8) is 0 Å². The van der Waals surface area contributed by atoms with Gasteiger partial charge in [0.1, 0.15) is 5.82 Å². The molecule has 2 N–H and O–H groups in total. The van der Waals surface area contributed by atoms with Gasteiger partial charge in [-0.3, -0.25) is 4.79 Å². The zero-order valence-electron chi connectivity index (χ0n) is 19.9. The van der Waals surface area contributed by atoms with Gasteiger partial charge in [0.25, 0.3) is 5.91 Å². The average molecular weight is 492 g/mol. The Hall–Kier alpha value is -3.00. The van der Waals surface area contributed by atoms with Crippen molar-refractivity contribution in [3.05, 3.63) is 82.6 Å². The number of likely N-dealkylation sites (tertiary alicyclic amines) is 1. The lowest BCUT2D eigenvalue weighted by molar-refractivity contribution is 0.0714. The molecule has 0 unspecified atom stereocenters. The first-order chi connectivity index (χ1) is 17.1. The molecular weight excluding hydrogens is 461 g/mol. The van der Waals surface area contributed by atoms with Crippen LogP contribution in [0.15, 0.2) is 60.1 Å². The van der Waals surface area contributed by atoms with Gasteiger partial charge in [-0.15, -0.1) is 11.3 Å². The lowest BCUT2D eigenvalue weighted by Gasteiger charge is -2.32. The molecule has 2 aromatic carbocycles. The summed E-state index contributed by atoms with van der Waals surface area (Å²) < 4.78 is 22.0. The van der Waals surface area contributed by atoms with Crippen LogP contribution in [0.25, 0.3) is 21.3 Å². The zero-order valence-corrected chi connectivity index (χ0v) is 20.7. The van der Waals surface area contributed by atoms with E-state index in [1.165, 1.54) is 6.07 Å². The van der Waals surface area contributed by atoms with Crippen LogP contribution in [-0.2, 0) is 17.8 Å². The highest BCUT2D eigenvalue weighted by Crippen LogP contribution is 2.37. The van der Waals surface area contributed by atoms with Crippen molar-refractivity contribution in [1.29, 1.82) is 0 Å². The minimum Gasteiger partial charge on any atom is -0.383 e. The van der Waals surface area contributed by atoms with E-state index in [9.17, 15) is 9.18 Å². The third kappa shape index (κ3) is 4.63. The Morgan fingerprint density at radius 2 is 2.00 bits per heavy atom. The van der Waals surface area contributed by atoms with Crippen LogP contribution in [0.4, 0.5) is 4.39 Å². The number of rotatable bonds is 7. The van der Waals surface area contributed by atoms with Gasteiger partial charge in [-0.25, -0.2) is 4.39 Å². The van der Waals surface area contributed by atoms with Gasteiger partial charge in [0.05, 0.1) is 12.2 Å². The summed E-state index contributed by atoms with van der Waals surface area (Å²) in [6, 6.07) is 15.5. The summed E-state index contributed by atoms with van der Waals surface area (Å²) in [5, 5.41) is 3.04. The van der Waals surface area contributed by atoms with E-state index >= 15 is 0 Å². The minimum absolute atomic E-state index is 0.0322. The van der Waals surface area contributed by atoms with Crippen molar-refractivity contribution in [1.82, 2.24) is 9.47 Å². The van der Waals surface area contributed by atoms with Gasteiger partial charge in [-0.1, -0.05) is 30.3 Å². The molecule has 35 heavy (non-hydrogen) atoms. The number of carbonyl (C=O) groups excluding carboxylic acids is 1. The molecule has 0 spiro atoms. The molecule has 0 bridgehead atoms. The highest BCUT2D eigenvalue weighted by molar-refractivity contribution is 7.13. The van der Waals surface area contributed by atoms with Crippen LogP contribution in [0.1, 0.15) is 40.2 Å². The number of piperidine rings is 1. The van der Waals surface area contributed by atoms with Crippen LogP contribution in [-0.4, -0.2) is 42.2 Å². The molecule has 1 amide bonds. The van der Waals surface area contributed by atoms with Crippen molar-refractivity contribution in [2.45, 2.75) is 31.8 Å². The van der Waals surface area contributed by atoms with E-state index in [0.717, 1.165) is 50.9 Å². The molecule has 0 saturated carbocycles. The number of methoxy groups -OCH3 is 1. The predicted molar refractivity (Wildman–Crippen MR) is 139 cm³/mol. The smallest absolute Gasteiger partial charge is 0.256 e. The average Bonchev–Trinajstić information content (AvgIpc) is 3.56. The second kappa shape index (κ2) is 10.3. The first kappa shape index (κ1) is 23.7. The first-order valence-corrected chi connectivity index (χ1v) is 12.9. The molecule has 0 aliphatic carbocycles. The van der Waals surface area contributed by atoms with Crippen LogP contribution < -0.4 is 5.73 Å². The summed E-state index contributed by atoms with van der Waals surface area (Å²) in [5.74, 6) is -0.0612. The van der Waals surface area contributed by atoms with Crippen LogP contribution in [0.5, 0.6) is 0 Å². The summed E-state index contributed by atoms with van der Waals surface area (Å²) in [5.41, 5.74) is 10.2. The standard InChI is InChI=1S/C28H30FN3O2S/c1-34-14-13-32-18-23(27-21(4-2-5-25(27)32)26-6-3-15-35-26)28(33)31-11-9-20(10-12-31)22-16-19(17-30)7-8-24(22)29/h2-8,15-16,18,20H,9-14,17,30H2,1H3. The summed E-state index contributed by atoms with van der Waals surface area (Å²) >= 11 is 1.67. The van der Waals surface area contributed by atoms with Crippen LogP contribution in [0.2, 0.25) is 0 Å². The number of ether oxygens (including phenoxy) is 1. The molecule has 2 aromatic heterocycles. The number of halogens is 1. The van der Waals surface area contributed by atoms with E-state index in [4.69, 9.17) is 10.5 Å². The second-order valence-corrected chi connectivity index (χ2v) is 9.98. The van der Waals surface area contributed by atoms with E-state index in [1.54, 1.807) is 24.5 Å². The van der Waals surface area contributed by atoms with Crippen molar-refractivity contribution < 1.29 is 13.9 Å². The van der Waals surface area contributed by atoms with Gasteiger partial charge >= 0.3 is 0 Å². The molecule has 5 nitrogen and oxygen atoms in total. The number of hydrogen-bond acceptors (Lipinski definition) is 4. The Bertz CT molecular complexity index is 1320. The molecule has 4 aromatic rings. The Morgan fingerprint density at radius 3 is 2.71 bits per heavy atom. The van der Waals surface area contributed by atoms with E-state index in [1.807, 2.05) is 29.3 Å². The topological polar surface area (TPSA) is 60.5 Å². The second-order valence-electron chi connectivity index (χ2n) is 9.03. The fourth-order valence-electron chi connectivity index (χ4n) is 5.12. The molecule has 1 aliphatic rings. The predicted octanol–water partition coefficient (Wildman–Crippen LogP) is 5.63. The summed E-state index contributed by atoms with van der Waals surface area (Å²) in [6.45, 7) is 2.83. The molecule has 7 heteroatoms. The Kier molecular flexibility index (Phi) is 7.00.